The number of carbonyl (C=O) groups excluding carboxylic acids is 3. The zero-order chi connectivity index (χ0) is 11.7. The van der Waals surface area contributed by atoms with E-state index in [9.17, 15) is 14.4 Å². The second kappa shape index (κ2) is 3.74. The molecule has 0 saturated carbocycles. The van der Waals surface area contributed by atoms with Gasteiger partial charge in [0.1, 0.15) is 0 Å². The number of aliphatic hydroxyl groups is 1. The molecule has 2 rings (SSSR count). The van der Waals surface area contributed by atoms with Crippen molar-refractivity contribution in [2.24, 2.45) is 0 Å². The van der Waals surface area contributed by atoms with E-state index in [0.717, 1.165) is 0 Å². The molecular weight excluding hydrogens is 216 g/mol. The fraction of sp³-hybridized carbons (Fsp3) is 0.100. The van der Waals surface area contributed by atoms with Crippen LogP contribution in [0.5, 0.6) is 0 Å². The first-order valence-corrected chi connectivity index (χ1v) is 4.32. The smallest absolute Gasteiger partial charge is 0.346 e. The highest BCUT2D eigenvalue weighted by Gasteiger charge is 2.30. The molecule has 6 heteroatoms. The lowest BCUT2D eigenvalue weighted by molar-refractivity contribution is 0.00680. The summed E-state index contributed by atoms with van der Waals surface area (Å²) in [6.45, 7) is -0.751. The minimum Gasteiger partial charge on any atom is -0.435 e. The molecule has 0 spiro atoms. The fourth-order valence-electron chi connectivity index (χ4n) is 1.35. The normalized spacial score (nSPS) is 13.3. The van der Waals surface area contributed by atoms with Crippen LogP contribution >= 0.6 is 0 Å². The summed E-state index contributed by atoms with van der Waals surface area (Å²) in [5.41, 5.74) is 0.211. The number of cyclic esters (lactones) is 2. The summed E-state index contributed by atoms with van der Waals surface area (Å²) in [6, 6.07) is 3.81. The molecule has 1 aromatic carbocycles. The van der Waals surface area contributed by atoms with E-state index in [2.05, 4.69) is 9.47 Å². The van der Waals surface area contributed by atoms with Gasteiger partial charge in [-0.25, -0.2) is 14.4 Å². The maximum absolute atomic E-state index is 11.2. The molecule has 82 valence electrons. The van der Waals surface area contributed by atoms with E-state index in [4.69, 9.17) is 5.11 Å². The van der Waals surface area contributed by atoms with Gasteiger partial charge in [-0.05, 0) is 18.2 Å². The Morgan fingerprint density at radius 3 is 2.62 bits per heavy atom. The number of fused-ring (bicyclic) bond motifs is 1. The second-order valence-corrected chi connectivity index (χ2v) is 3.00. The summed E-state index contributed by atoms with van der Waals surface area (Å²) >= 11 is 0. The Hall–Kier alpha value is -2.21. The molecule has 6 nitrogen and oxygen atoms in total. The molecule has 0 aromatic heterocycles. The third-order valence-electron chi connectivity index (χ3n) is 2.08. The molecular formula is C10H6O6. The standard InChI is InChI=1S/C10H6O6/c11-4-15-8(12)5-1-2-6-7(3-5)10(14)16-9(6)13/h1-3,11H,4H2. The number of hydrogen-bond donors (Lipinski definition) is 1. The van der Waals surface area contributed by atoms with Crippen LogP contribution in [0.2, 0.25) is 0 Å². The van der Waals surface area contributed by atoms with Gasteiger partial charge >= 0.3 is 17.9 Å². The lowest BCUT2D eigenvalue weighted by atomic mass is 10.1. The number of carbonyl (C=O) groups is 3. The van der Waals surface area contributed by atoms with Crippen LogP contribution in [0.3, 0.4) is 0 Å². The number of ether oxygens (including phenoxy) is 2. The lowest BCUT2D eigenvalue weighted by Crippen LogP contribution is -2.07. The average Bonchev–Trinajstić information content (AvgIpc) is 2.55. The highest BCUT2D eigenvalue weighted by molar-refractivity contribution is 6.15. The van der Waals surface area contributed by atoms with Crippen molar-refractivity contribution in [1.29, 1.82) is 0 Å². The molecule has 1 aromatic rings. The largest absolute Gasteiger partial charge is 0.435 e. The van der Waals surface area contributed by atoms with Gasteiger partial charge in [-0.3, -0.25) is 0 Å². The summed E-state index contributed by atoms with van der Waals surface area (Å²) in [7, 11) is 0. The molecule has 1 aliphatic heterocycles. The predicted molar refractivity (Wildman–Crippen MR) is 48.7 cm³/mol. The summed E-state index contributed by atoms with van der Waals surface area (Å²) in [6.07, 6.45) is 0. The van der Waals surface area contributed by atoms with Gasteiger partial charge in [0.25, 0.3) is 0 Å². The van der Waals surface area contributed by atoms with E-state index in [1.807, 2.05) is 0 Å². The maximum Gasteiger partial charge on any atom is 0.346 e. The Balaban J connectivity index is 2.40. The molecule has 16 heavy (non-hydrogen) atoms. The fourth-order valence-corrected chi connectivity index (χ4v) is 1.35. The molecule has 0 atom stereocenters. The summed E-state index contributed by atoms with van der Waals surface area (Å²) < 4.78 is 8.68. The molecule has 0 unspecified atom stereocenters. The molecule has 0 amide bonds. The van der Waals surface area contributed by atoms with Crippen molar-refractivity contribution in [3.63, 3.8) is 0 Å². The van der Waals surface area contributed by atoms with Crippen molar-refractivity contribution in [3.05, 3.63) is 34.9 Å². The van der Waals surface area contributed by atoms with Gasteiger partial charge < -0.3 is 14.6 Å². The van der Waals surface area contributed by atoms with Gasteiger partial charge in [-0.15, -0.1) is 0 Å². The van der Waals surface area contributed by atoms with Crippen LogP contribution in [-0.2, 0) is 9.47 Å². The van der Waals surface area contributed by atoms with Crippen LogP contribution in [0.25, 0.3) is 0 Å². The lowest BCUT2D eigenvalue weighted by Gasteiger charge is -2.01. The molecule has 1 aliphatic rings. The van der Waals surface area contributed by atoms with Gasteiger partial charge in [0.2, 0.25) is 0 Å². The Kier molecular flexibility index (Phi) is 2.41. The number of aliphatic hydroxyl groups excluding tert-OH is 1. The first-order valence-electron chi connectivity index (χ1n) is 4.32. The topological polar surface area (TPSA) is 89.9 Å². The first-order chi connectivity index (χ1) is 7.63. The van der Waals surface area contributed by atoms with Gasteiger partial charge in [-0.1, -0.05) is 0 Å². The number of esters is 3. The van der Waals surface area contributed by atoms with Crippen molar-refractivity contribution >= 4 is 17.9 Å². The second-order valence-electron chi connectivity index (χ2n) is 3.00. The van der Waals surface area contributed by atoms with E-state index in [1.165, 1.54) is 18.2 Å². The van der Waals surface area contributed by atoms with Crippen LogP contribution in [0.4, 0.5) is 0 Å². The highest BCUT2D eigenvalue weighted by Crippen LogP contribution is 2.21. The average molecular weight is 222 g/mol. The first kappa shape index (κ1) is 10.3. The number of rotatable bonds is 2. The Bertz CT molecular complexity index is 490. The number of hydrogen-bond acceptors (Lipinski definition) is 6. The molecule has 1 N–H and O–H groups in total. The molecule has 0 bridgehead atoms. The van der Waals surface area contributed by atoms with Crippen LogP contribution in [-0.4, -0.2) is 29.8 Å². The predicted octanol–water partition coefficient (Wildman–Crippen LogP) is 0.104. The van der Waals surface area contributed by atoms with Crippen LogP contribution in [0.15, 0.2) is 18.2 Å². The van der Waals surface area contributed by atoms with Crippen molar-refractivity contribution in [2.75, 3.05) is 6.79 Å². The Morgan fingerprint density at radius 2 is 1.94 bits per heavy atom. The van der Waals surface area contributed by atoms with E-state index >= 15 is 0 Å². The number of benzene rings is 1. The van der Waals surface area contributed by atoms with Crippen LogP contribution in [0.1, 0.15) is 31.1 Å². The summed E-state index contributed by atoms with van der Waals surface area (Å²) in [5.74, 6) is -2.31. The third-order valence-corrected chi connectivity index (χ3v) is 2.08. The zero-order valence-electron chi connectivity index (χ0n) is 7.93. The van der Waals surface area contributed by atoms with E-state index < -0.39 is 24.7 Å². The summed E-state index contributed by atoms with van der Waals surface area (Å²) in [5, 5.41) is 8.40. The Labute approximate surface area is 89.4 Å². The maximum atomic E-state index is 11.2. The molecule has 0 aliphatic carbocycles. The molecule has 0 saturated heterocycles. The summed E-state index contributed by atoms with van der Waals surface area (Å²) in [4.78, 5) is 33.5. The van der Waals surface area contributed by atoms with E-state index in [1.54, 1.807) is 0 Å². The van der Waals surface area contributed by atoms with Crippen molar-refractivity contribution in [2.45, 2.75) is 0 Å². The molecule has 0 fully saturated rings. The van der Waals surface area contributed by atoms with Crippen LogP contribution < -0.4 is 0 Å². The third kappa shape index (κ3) is 1.55. The Morgan fingerprint density at radius 1 is 1.25 bits per heavy atom. The minimum atomic E-state index is -0.793. The van der Waals surface area contributed by atoms with Crippen molar-refractivity contribution in [1.82, 2.24) is 0 Å². The van der Waals surface area contributed by atoms with Crippen molar-refractivity contribution < 1.29 is 29.0 Å². The van der Waals surface area contributed by atoms with Gasteiger partial charge in [0.15, 0.2) is 6.79 Å². The quantitative estimate of drug-likeness (QED) is 0.433. The van der Waals surface area contributed by atoms with E-state index in [0.29, 0.717) is 0 Å². The SMILES string of the molecule is O=C(OCO)c1ccc2c(c1)C(=O)OC2=O. The zero-order valence-corrected chi connectivity index (χ0v) is 7.93. The minimum absolute atomic E-state index is 0.0254. The van der Waals surface area contributed by atoms with E-state index in [-0.39, 0.29) is 16.7 Å². The van der Waals surface area contributed by atoms with Crippen molar-refractivity contribution in [3.8, 4) is 0 Å². The molecule has 0 radical (unpaired) electrons. The highest BCUT2D eigenvalue weighted by atomic mass is 16.6. The monoisotopic (exact) mass is 222 g/mol. The van der Waals surface area contributed by atoms with Gasteiger partial charge in [-0.2, -0.15) is 0 Å². The van der Waals surface area contributed by atoms with Gasteiger partial charge in [0.05, 0.1) is 16.7 Å². The van der Waals surface area contributed by atoms with Gasteiger partial charge in [0, 0.05) is 0 Å². The molecule has 1 heterocycles. The van der Waals surface area contributed by atoms with Crippen LogP contribution in [0, 0.1) is 0 Å².